The lowest BCUT2D eigenvalue weighted by molar-refractivity contribution is 0.0171. The van der Waals surface area contributed by atoms with Crippen LogP contribution in [-0.2, 0) is 12.3 Å². The third kappa shape index (κ3) is 11.6. The Morgan fingerprint density at radius 1 is 0.919 bits per heavy atom. The fourth-order valence-corrected chi connectivity index (χ4v) is 4.25. The van der Waals surface area contributed by atoms with Crippen LogP contribution in [0.4, 0.5) is 18.9 Å². The average Bonchev–Trinajstić information content (AvgIpc) is 2.91. The highest BCUT2D eigenvalue weighted by Crippen LogP contribution is 2.30. The molecule has 208 valence electrons. The number of nitrogens with one attached hydrogen (secondary N) is 1. The normalized spacial score (nSPS) is 13.1. The predicted molar refractivity (Wildman–Crippen MR) is 159 cm³/mol. The van der Waals surface area contributed by atoms with Crippen LogP contribution in [0.3, 0.4) is 0 Å². The molecule has 0 radical (unpaired) electrons. The first-order valence-corrected chi connectivity index (χ1v) is 14.0. The fourth-order valence-electron chi connectivity index (χ4n) is 4.25. The van der Waals surface area contributed by atoms with E-state index in [0.717, 1.165) is 47.7 Å². The van der Waals surface area contributed by atoms with Gasteiger partial charge in [0.05, 0.1) is 0 Å². The van der Waals surface area contributed by atoms with Crippen molar-refractivity contribution in [3.8, 4) is 0 Å². The molecule has 0 spiro atoms. The summed E-state index contributed by atoms with van der Waals surface area (Å²) in [6.07, 6.45) is 9.76. The Morgan fingerprint density at radius 3 is 1.92 bits per heavy atom. The Bertz CT molecular complexity index is 951. The minimum atomic E-state index is -3.08. The van der Waals surface area contributed by atoms with E-state index in [1.807, 2.05) is 59.7 Å². The second-order valence-electron chi connectivity index (χ2n) is 9.10. The summed E-state index contributed by atoms with van der Waals surface area (Å²) in [5.74, 6) is -2.72. The van der Waals surface area contributed by atoms with Crippen LogP contribution in [0.25, 0.3) is 11.3 Å². The summed E-state index contributed by atoms with van der Waals surface area (Å²) < 4.78 is 40.8. The van der Waals surface area contributed by atoms with Gasteiger partial charge in [-0.1, -0.05) is 111 Å². The topological polar surface area (TPSA) is 12.0 Å². The van der Waals surface area contributed by atoms with Gasteiger partial charge in [0.1, 0.15) is 5.82 Å². The molecule has 0 saturated heterocycles. The van der Waals surface area contributed by atoms with Crippen LogP contribution in [0.2, 0.25) is 0 Å². The highest BCUT2D eigenvalue weighted by Gasteiger charge is 2.25. The number of rotatable bonds is 7. The zero-order valence-corrected chi connectivity index (χ0v) is 24.5. The number of hydrogen-bond donors (Lipinski definition) is 1. The molecular formula is C33H50F3N. The standard InChI is InChI=1S/C21H22F3N.C8H16.2C2H6/c1-6-15-11-17(8-10-18(15)13(2)3)25-14(4)19-9-7-16(12-20(19)22)21(5,23)24;1-2-8-6-4-3-5-7-8;2*1-2/h7-12,25H,2,4,6H2,1,3,5H3;8H,2-7H2,1H3;2*1-2H3. The van der Waals surface area contributed by atoms with E-state index in [-0.39, 0.29) is 11.1 Å². The van der Waals surface area contributed by atoms with E-state index in [1.165, 1.54) is 50.7 Å². The molecule has 0 aromatic heterocycles. The highest BCUT2D eigenvalue weighted by molar-refractivity contribution is 5.77. The molecule has 0 aliphatic heterocycles. The van der Waals surface area contributed by atoms with Crippen molar-refractivity contribution in [1.29, 1.82) is 0 Å². The first kappa shape index (κ1) is 34.5. The minimum Gasteiger partial charge on any atom is -0.355 e. The third-order valence-electron chi connectivity index (χ3n) is 6.34. The van der Waals surface area contributed by atoms with Gasteiger partial charge in [0, 0.05) is 29.4 Å². The first-order valence-electron chi connectivity index (χ1n) is 14.0. The number of alkyl halides is 2. The molecule has 1 N–H and O–H groups in total. The molecule has 0 atom stereocenters. The van der Waals surface area contributed by atoms with Crippen LogP contribution in [0.15, 0.2) is 49.6 Å². The fraction of sp³-hybridized carbons (Fsp3) is 0.515. The van der Waals surface area contributed by atoms with E-state index in [2.05, 4.69) is 25.4 Å². The van der Waals surface area contributed by atoms with Crippen molar-refractivity contribution in [3.63, 3.8) is 0 Å². The van der Waals surface area contributed by atoms with Gasteiger partial charge in [0.25, 0.3) is 5.92 Å². The highest BCUT2D eigenvalue weighted by atomic mass is 19.3. The smallest absolute Gasteiger partial charge is 0.270 e. The molecule has 1 saturated carbocycles. The Hall–Kier alpha value is -2.49. The number of benzene rings is 2. The Labute approximate surface area is 225 Å². The van der Waals surface area contributed by atoms with Crippen molar-refractivity contribution < 1.29 is 13.2 Å². The van der Waals surface area contributed by atoms with Gasteiger partial charge in [-0.05, 0) is 54.7 Å². The largest absolute Gasteiger partial charge is 0.355 e. The maximum Gasteiger partial charge on any atom is 0.270 e. The van der Waals surface area contributed by atoms with Crippen molar-refractivity contribution in [2.75, 3.05) is 5.32 Å². The molecule has 4 heteroatoms. The summed E-state index contributed by atoms with van der Waals surface area (Å²) in [6, 6.07) is 9.16. The zero-order valence-electron chi connectivity index (χ0n) is 24.5. The lowest BCUT2D eigenvalue weighted by atomic mass is 9.88. The Morgan fingerprint density at radius 2 is 1.49 bits per heavy atom. The number of aryl methyl sites for hydroxylation is 1. The van der Waals surface area contributed by atoms with E-state index in [9.17, 15) is 13.2 Å². The van der Waals surface area contributed by atoms with Gasteiger partial charge in [-0.25, -0.2) is 13.2 Å². The number of allylic oxidation sites excluding steroid dienone is 1. The first-order chi connectivity index (χ1) is 17.6. The van der Waals surface area contributed by atoms with Crippen LogP contribution in [-0.4, -0.2) is 0 Å². The van der Waals surface area contributed by atoms with Gasteiger partial charge in [-0.3, -0.25) is 0 Å². The van der Waals surface area contributed by atoms with Gasteiger partial charge in [0.2, 0.25) is 0 Å². The van der Waals surface area contributed by atoms with Gasteiger partial charge in [-0.2, -0.15) is 0 Å². The lowest BCUT2D eigenvalue weighted by Gasteiger charge is -2.18. The number of hydrogen-bond acceptors (Lipinski definition) is 1. The SMILES string of the molecule is C=C(Nc1ccc(C(=C)C)c(CC)c1)c1ccc(C(C)(F)F)cc1F.CC.CC.CCC1CCCCC1. The quantitative estimate of drug-likeness (QED) is 0.385. The molecule has 2 aromatic rings. The van der Waals surface area contributed by atoms with Crippen LogP contribution in [0.1, 0.15) is 116 Å². The van der Waals surface area contributed by atoms with Crippen LogP contribution >= 0.6 is 0 Å². The predicted octanol–water partition coefficient (Wildman–Crippen LogP) is 11.6. The number of halogens is 3. The van der Waals surface area contributed by atoms with Crippen LogP contribution < -0.4 is 5.32 Å². The van der Waals surface area contributed by atoms with Crippen LogP contribution in [0.5, 0.6) is 0 Å². The second-order valence-corrected chi connectivity index (χ2v) is 9.10. The van der Waals surface area contributed by atoms with E-state index in [4.69, 9.17) is 0 Å². The van der Waals surface area contributed by atoms with E-state index in [1.54, 1.807) is 0 Å². The molecule has 2 aromatic carbocycles. The van der Waals surface area contributed by atoms with Crippen molar-refractivity contribution in [2.24, 2.45) is 5.92 Å². The van der Waals surface area contributed by atoms with Crippen molar-refractivity contribution >= 4 is 17.0 Å². The maximum atomic E-state index is 14.2. The van der Waals surface area contributed by atoms with Crippen molar-refractivity contribution in [1.82, 2.24) is 0 Å². The molecule has 0 unspecified atom stereocenters. The molecule has 1 fully saturated rings. The zero-order chi connectivity index (χ0) is 28.6. The number of anilines is 1. The van der Waals surface area contributed by atoms with Gasteiger partial charge < -0.3 is 5.32 Å². The summed E-state index contributed by atoms with van der Waals surface area (Å²) >= 11 is 0. The molecule has 3 rings (SSSR count). The Balaban J connectivity index is 0.000000900. The minimum absolute atomic E-state index is 0.162. The molecule has 0 heterocycles. The molecular weight excluding hydrogens is 467 g/mol. The van der Waals surface area contributed by atoms with E-state index < -0.39 is 11.7 Å². The van der Waals surface area contributed by atoms with Crippen molar-refractivity contribution in [3.05, 3.63) is 77.6 Å². The summed E-state index contributed by atoms with van der Waals surface area (Å²) in [5, 5.41) is 3.05. The van der Waals surface area contributed by atoms with E-state index in [0.29, 0.717) is 5.70 Å². The molecule has 1 nitrogen and oxygen atoms in total. The monoisotopic (exact) mass is 517 g/mol. The lowest BCUT2D eigenvalue weighted by Crippen LogP contribution is -2.09. The summed E-state index contributed by atoms with van der Waals surface area (Å²) in [4.78, 5) is 0. The Kier molecular flexibility index (Phi) is 16.7. The average molecular weight is 518 g/mol. The summed E-state index contributed by atoms with van der Waals surface area (Å²) in [7, 11) is 0. The molecule has 1 aliphatic carbocycles. The van der Waals surface area contributed by atoms with Crippen molar-refractivity contribution in [2.45, 2.75) is 106 Å². The second kappa shape index (κ2) is 17.9. The molecule has 0 amide bonds. The van der Waals surface area contributed by atoms with E-state index >= 15 is 0 Å². The molecule has 0 bridgehead atoms. The maximum absolute atomic E-state index is 14.2. The summed E-state index contributed by atoms with van der Waals surface area (Å²) in [6.45, 7) is 22.8. The molecule has 37 heavy (non-hydrogen) atoms. The van der Waals surface area contributed by atoms with Crippen LogP contribution in [0, 0.1) is 11.7 Å². The molecule has 1 aliphatic rings. The summed E-state index contributed by atoms with van der Waals surface area (Å²) in [5.41, 5.74) is 4.05. The third-order valence-corrected chi connectivity index (χ3v) is 6.34. The van der Waals surface area contributed by atoms with Gasteiger partial charge in [-0.15, -0.1) is 0 Å². The van der Waals surface area contributed by atoms with Gasteiger partial charge >= 0.3 is 0 Å². The van der Waals surface area contributed by atoms with Gasteiger partial charge in [0.15, 0.2) is 0 Å².